The summed E-state index contributed by atoms with van der Waals surface area (Å²) in [7, 11) is 2.84. The summed E-state index contributed by atoms with van der Waals surface area (Å²) in [5.74, 6) is -1.68. The van der Waals surface area contributed by atoms with Crippen LogP contribution in [0.25, 0.3) is 5.76 Å². The van der Waals surface area contributed by atoms with E-state index in [1.807, 2.05) is 0 Å². The summed E-state index contributed by atoms with van der Waals surface area (Å²) in [5, 5.41) is 11.7. The zero-order valence-electron chi connectivity index (χ0n) is 17.6. The number of Topliss-reactive ketones (excluding diaryl/α,β-unsaturated/α-hetero) is 1. The van der Waals surface area contributed by atoms with Gasteiger partial charge in [0.2, 0.25) is 0 Å². The van der Waals surface area contributed by atoms with Crippen LogP contribution >= 0.6 is 23.2 Å². The molecule has 2 aromatic carbocycles. The molecule has 4 rings (SSSR count). The van der Waals surface area contributed by atoms with Gasteiger partial charge in [-0.3, -0.25) is 19.5 Å². The summed E-state index contributed by atoms with van der Waals surface area (Å²) in [4.78, 5) is 32.0. The number of aromatic nitrogens is 1. The molecule has 1 fully saturated rings. The Bertz CT molecular complexity index is 1280. The van der Waals surface area contributed by atoms with Crippen molar-refractivity contribution in [1.29, 1.82) is 0 Å². The van der Waals surface area contributed by atoms with Crippen molar-refractivity contribution in [2.75, 3.05) is 19.1 Å². The maximum Gasteiger partial charge on any atom is 0.300 e. The summed E-state index contributed by atoms with van der Waals surface area (Å²) in [5.41, 5.74) is 0.805. The number of benzene rings is 2. The molecule has 7 nitrogen and oxygen atoms in total. The minimum absolute atomic E-state index is 0.0851. The van der Waals surface area contributed by atoms with Crippen molar-refractivity contribution >= 4 is 46.3 Å². The first-order valence-corrected chi connectivity index (χ1v) is 10.5. The molecular formula is C24H18Cl2N2O5. The van der Waals surface area contributed by atoms with E-state index >= 15 is 0 Å². The Kier molecular flexibility index (Phi) is 6.26. The summed E-state index contributed by atoms with van der Waals surface area (Å²) in [6, 6.07) is 12.1. The van der Waals surface area contributed by atoms with E-state index in [1.54, 1.807) is 42.6 Å². The molecule has 0 bridgehead atoms. The largest absolute Gasteiger partial charge is 0.507 e. The molecule has 1 aliphatic rings. The highest BCUT2D eigenvalue weighted by Gasteiger charge is 2.48. The van der Waals surface area contributed by atoms with Crippen molar-refractivity contribution in [3.8, 4) is 11.5 Å². The third-order valence-electron chi connectivity index (χ3n) is 5.26. The number of ether oxygens (including phenoxy) is 2. The van der Waals surface area contributed by atoms with Crippen LogP contribution in [0.15, 0.2) is 66.5 Å². The number of anilines is 1. The van der Waals surface area contributed by atoms with E-state index in [2.05, 4.69) is 4.98 Å². The van der Waals surface area contributed by atoms with Crippen LogP contribution in [0.2, 0.25) is 10.0 Å². The molecule has 0 spiro atoms. The van der Waals surface area contributed by atoms with Crippen molar-refractivity contribution in [3.63, 3.8) is 0 Å². The van der Waals surface area contributed by atoms with Gasteiger partial charge in [-0.1, -0.05) is 41.4 Å². The Morgan fingerprint density at radius 2 is 1.82 bits per heavy atom. The van der Waals surface area contributed by atoms with Crippen LogP contribution in [0.5, 0.6) is 11.5 Å². The lowest BCUT2D eigenvalue weighted by Crippen LogP contribution is -2.29. The summed E-state index contributed by atoms with van der Waals surface area (Å²) < 4.78 is 10.8. The van der Waals surface area contributed by atoms with Gasteiger partial charge in [0.25, 0.3) is 11.7 Å². The SMILES string of the molecule is COc1ccccc1N1C(=O)C(=O)/C(=C(/O)c2cc(Cl)cc(Cl)c2OC)C1c1cccnc1. The number of carbonyl (C=O) groups excluding carboxylic acids is 2. The standard InChI is InChI=1S/C24H18Cl2N2O5/c1-32-18-8-4-3-7-17(18)28-20(13-6-5-9-27-12-13)19(22(30)24(28)31)21(29)15-10-14(25)11-16(26)23(15)33-2/h3-12,20,29H,1-2H3/b21-19+. The van der Waals surface area contributed by atoms with Crippen molar-refractivity contribution in [3.05, 3.63) is 87.7 Å². The van der Waals surface area contributed by atoms with Crippen molar-refractivity contribution in [2.24, 2.45) is 0 Å². The fraction of sp³-hybridized carbons (Fsp3) is 0.125. The molecule has 1 aromatic heterocycles. The van der Waals surface area contributed by atoms with Gasteiger partial charge in [0, 0.05) is 17.4 Å². The van der Waals surface area contributed by atoms with Crippen LogP contribution in [0.1, 0.15) is 17.2 Å². The van der Waals surface area contributed by atoms with Crippen LogP contribution in [0, 0.1) is 0 Å². The monoisotopic (exact) mass is 484 g/mol. The smallest absolute Gasteiger partial charge is 0.300 e. The van der Waals surface area contributed by atoms with Crippen molar-refractivity contribution < 1.29 is 24.2 Å². The number of hydrogen-bond donors (Lipinski definition) is 1. The lowest BCUT2D eigenvalue weighted by molar-refractivity contribution is -0.132. The van der Waals surface area contributed by atoms with Gasteiger partial charge in [0.15, 0.2) is 0 Å². The van der Waals surface area contributed by atoms with Crippen LogP contribution in [-0.2, 0) is 9.59 Å². The maximum absolute atomic E-state index is 13.3. The number of methoxy groups -OCH3 is 2. The molecule has 1 aliphatic heterocycles. The van der Waals surface area contributed by atoms with Crippen molar-refractivity contribution in [2.45, 2.75) is 6.04 Å². The quantitative estimate of drug-likeness (QED) is 0.310. The third kappa shape index (κ3) is 3.90. The van der Waals surface area contributed by atoms with E-state index in [1.165, 1.54) is 37.4 Å². The Labute approximate surface area is 199 Å². The number of pyridine rings is 1. The highest BCUT2D eigenvalue weighted by atomic mass is 35.5. The molecule has 2 heterocycles. The normalized spacial score (nSPS) is 17.3. The fourth-order valence-corrected chi connectivity index (χ4v) is 4.42. The molecule has 1 amide bonds. The maximum atomic E-state index is 13.3. The predicted molar refractivity (Wildman–Crippen MR) is 125 cm³/mol. The molecule has 3 aromatic rings. The van der Waals surface area contributed by atoms with E-state index < -0.39 is 23.5 Å². The number of hydrogen-bond acceptors (Lipinski definition) is 6. The molecule has 33 heavy (non-hydrogen) atoms. The number of aliphatic hydroxyl groups is 1. The summed E-state index contributed by atoms with van der Waals surface area (Å²) >= 11 is 12.4. The van der Waals surface area contributed by atoms with E-state index in [0.717, 1.165) is 0 Å². The third-order valence-corrected chi connectivity index (χ3v) is 5.76. The highest BCUT2D eigenvalue weighted by molar-refractivity contribution is 6.52. The van der Waals surface area contributed by atoms with Gasteiger partial charge in [0.1, 0.15) is 17.3 Å². The second-order valence-electron chi connectivity index (χ2n) is 7.10. The molecule has 1 atom stereocenters. The van der Waals surface area contributed by atoms with E-state index in [9.17, 15) is 14.7 Å². The van der Waals surface area contributed by atoms with Crippen LogP contribution in [0.4, 0.5) is 5.69 Å². The first-order valence-electron chi connectivity index (χ1n) is 9.76. The minimum Gasteiger partial charge on any atom is -0.507 e. The molecule has 0 aliphatic carbocycles. The average molecular weight is 485 g/mol. The number of carbonyl (C=O) groups is 2. The van der Waals surface area contributed by atoms with Crippen LogP contribution in [-0.4, -0.2) is 36.0 Å². The number of halogens is 2. The zero-order chi connectivity index (χ0) is 23.7. The molecule has 0 radical (unpaired) electrons. The molecule has 1 N–H and O–H groups in total. The fourth-order valence-electron chi connectivity index (χ4n) is 3.85. The number of ketones is 1. The first kappa shape index (κ1) is 22.6. The van der Waals surface area contributed by atoms with Crippen LogP contribution < -0.4 is 14.4 Å². The zero-order valence-corrected chi connectivity index (χ0v) is 19.1. The van der Waals surface area contributed by atoms with Gasteiger partial charge in [-0.15, -0.1) is 0 Å². The summed E-state index contributed by atoms with van der Waals surface area (Å²) in [6.45, 7) is 0. The molecule has 1 saturated heterocycles. The number of amides is 1. The number of aliphatic hydroxyl groups excluding tert-OH is 1. The summed E-state index contributed by atoms with van der Waals surface area (Å²) in [6.07, 6.45) is 3.09. The topological polar surface area (TPSA) is 89.0 Å². The molecule has 1 unspecified atom stereocenters. The Morgan fingerprint density at radius 3 is 2.48 bits per heavy atom. The van der Waals surface area contributed by atoms with Crippen molar-refractivity contribution in [1.82, 2.24) is 4.98 Å². The second kappa shape index (κ2) is 9.13. The first-order chi connectivity index (χ1) is 15.9. The number of rotatable bonds is 5. The van der Waals surface area contributed by atoms with E-state index in [0.29, 0.717) is 17.0 Å². The van der Waals surface area contributed by atoms with Gasteiger partial charge in [-0.2, -0.15) is 0 Å². The predicted octanol–water partition coefficient (Wildman–Crippen LogP) is 5.03. The van der Waals surface area contributed by atoms with E-state index in [4.69, 9.17) is 32.7 Å². The van der Waals surface area contributed by atoms with Gasteiger partial charge in [-0.05, 0) is 35.9 Å². The van der Waals surface area contributed by atoms with Crippen LogP contribution in [0.3, 0.4) is 0 Å². The second-order valence-corrected chi connectivity index (χ2v) is 7.94. The van der Waals surface area contributed by atoms with E-state index in [-0.39, 0.29) is 26.9 Å². The minimum atomic E-state index is -0.988. The molecule has 9 heteroatoms. The number of para-hydroxylation sites is 2. The average Bonchev–Trinajstić information content (AvgIpc) is 3.09. The van der Waals surface area contributed by atoms with Gasteiger partial charge < -0.3 is 14.6 Å². The molecule has 0 saturated carbocycles. The van der Waals surface area contributed by atoms with Gasteiger partial charge in [-0.25, -0.2) is 0 Å². The van der Waals surface area contributed by atoms with Gasteiger partial charge in [0.05, 0.1) is 42.1 Å². The highest BCUT2D eigenvalue weighted by Crippen LogP contribution is 2.46. The lowest BCUT2D eigenvalue weighted by atomic mass is 9.95. The molecule has 168 valence electrons. The Morgan fingerprint density at radius 1 is 1.06 bits per heavy atom. The Balaban J connectivity index is 2.02. The number of nitrogens with zero attached hydrogens (tertiary/aromatic N) is 2. The van der Waals surface area contributed by atoms with Gasteiger partial charge >= 0.3 is 0 Å². The Hall–Kier alpha value is -3.55. The molecular weight excluding hydrogens is 467 g/mol. The lowest BCUT2D eigenvalue weighted by Gasteiger charge is -2.26.